The summed E-state index contributed by atoms with van der Waals surface area (Å²) in [6, 6.07) is 11.3. The van der Waals surface area contributed by atoms with Crippen molar-refractivity contribution in [1.29, 1.82) is 0 Å². The number of hydrogen-bond donors (Lipinski definition) is 2. The van der Waals surface area contributed by atoms with Gasteiger partial charge < -0.3 is 15.8 Å². The van der Waals surface area contributed by atoms with Gasteiger partial charge in [0.05, 0.1) is 25.4 Å². The Morgan fingerprint density at radius 3 is 2.55 bits per heavy atom. The number of carbonyl (C=O) groups excluding carboxylic acids is 1. The molecule has 3 N–H and O–H groups in total. The van der Waals surface area contributed by atoms with Crippen LogP contribution < -0.4 is 15.8 Å². The van der Waals surface area contributed by atoms with E-state index >= 15 is 0 Å². The summed E-state index contributed by atoms with van der Waals surface area (Å²) in [5.41, 5.74) is 8.02. The minimum absolute atomic E-state index is 0. The van der Waals surface area contributed by atoms with E-state index in [-0.39, 0.29) is 24.7 Å². The van der Waals surface area contributed by atoms with Gasteiger partial charge in [0.15, 0.2) is 0 Å². The van der Waals surface area contributed by atoms with Crippen molar-refractivity contribution in [3.63, 3.8) is 0 Å². The minimum atomic E-state index is -0.0409. The molecule has 1 aromatic heterocycles. The second-order valence-corrected chi connectivity index (χ2v) is 4.71. The van der Waals surface area contributed by atoms with Gasteiger partial charge in [-0.1, -0.05) is 12.1 Å². The number of methoxy groups -OCH3 is 1. The Balaban J connectivity index is 0.00000242. The smallest absolute Gasteiger partial charge is 0.226 e. The van der Waals surface area contributed by atoms with Gasteiger partial charge in [-0.25, -0.2) is 0 Å². The number of nitrogen functional groups attached to an aromatic ring is 1. The highest BCUT2D eigenvalue weighted by molar-refractivity contribution is 5.85. The van der Waals surface area contributed by atoms with Gasteiger partial charge in [0.1, 0.15) is 5.75 Å². The number of carbonyl (C=O) groups is 1. The highest BCUT2D eigenvalue weighted by Gasteiger charge is 2.04. The number of nitrogens with two attached hydrogens (primary N) is 1. The van der Waals surface area contributed by atoms with Crippen molar-refractivity contribution in [3.8, 4) is 5.75 Å². The van der Waals surface area contributed by atoms with Crippen molar-refractivity contribution in [1.82, 2.24) is 10.3 Å². The number of halogens is 1. The van der Waals surface area contributed by atoms with Gasteiger partial charge in [-0.15, -0.1) is 12.4 Å². The summed E-state index contributed by atoms with van der Waals surface area (Å²) in [4.78, 5) is 15.9. The predicted molar refractivity (Wildman–Crippen MR) is 89.3 cm³/mol. The third-order valence-electron chi connectivity index (χ3n) is 3.08. The van der Waals surface area contributed by atoms with Crippen LogP contribution in [0.5, 0.6) is 5.75 Å². The average Bonchev–Trinajstić information content (AvgIpc) is 2.50. The number of anilines is 1. The van der Waals surface area contributed by atoms with Crippen LogP contribution in [0.2, 0.25) is 0 Å². The fourth-order valence-electron chi connectivity index (χ4n) is 1.91. The zero-order chi connectivity index (χ0) is 15.1. The van der Waals surface area contributed by atoms with Crippen molar-refractivity contribution in [2.75, 3.05) is 19.4 Å². The summed E-state index contributed by atoms with van der Waals surface area (Å²) in [6.07, 6.45) is 2.60. The first kappa shape index (κ1) is 17.8. The Morgan fingerprint density at radius 2 is 1.95 bits per heavy atom. The van der Waals surface area contributed by atoms with Crippen LogP contribution in [-0.2, 0) is 17.6 Å². The normalized spacial score (nSPS) is 9.68. The lowest BCUT2D eigenvalue weighted by Crippen LogP contribution is -2.27. The number of benzene rings is 1. The molecule has 1 amide bonds. The van der Waals surface area contributed by atoms with E-state index in [4.69, 9.17) is 10.5 Å². The van der Waals surface area contributed by atoms with E-state index in [0.29, 0.717) is 17.9 Å². The summed E-state index contributed by atoms with van der Waals surface area (Å²) in [7, 11) is 1.64. The first-order chi connectivity index (χ1) is 10.2. The molecule has 0 saturated carbocycles. The Kier molecular flexibility index (Phi) is 7.19. The molecule has 2 rings (SSSR count). The molecule has 0 unspecified atom stereocenters. The van der Waals surface area contributed by atoms with E-state index in [1.165, 1.54) is 0 Å². The van der Waals surface area contributed by atoms with Crippen LogP contribution >= 0.6 is 12.4 Å². The third-order valence-corrected chi connectivity index (χ3v) is 3.08. The summed E-state index contributed by atoms with van der Waals surface area (Å²) >= 11 is 0. The van der Waals surface area contributed by atoms with Crippen LogP contribution in [0.15, 0.2) is 42.6 Å². The number of rotatable bonds is 6. The molecule has 22 heavy (non-hydrogen) atoms. The molecule has 0 aliphatic rings. The molecule has 0 fully saturated rings. The van der Waals surface area contributed by atoms with Crippen molar-refractivity contribution in [3.05, 3.63) is 53.9 Å². The number of pyridine rings is 1. The van der Waals surface area contributed by atoms with Crippen LogP contribution in [0.4, 0.5) is 5.69 Å². The van der Waals surface area contributed by atoms with Crippen LogP contribution in [-0.4, -0.2) is 24.5 Å². The molecule has 0 atom stereocenters. The Labute approximate surface area is 136 Å². The molecule has 6 heteroatoms. The number of nitrogens with zero attached hydrogens (tertiary/aromatic N) is 1. The van der Waals surface area contributed by atoms with Crippen LogP contribution in [0.25, 0.3) is 0 Å². The van der Waals surface area contributed by atoms with Gasteiger partial charge in [-0.3, -0.25) is 9.78 Å². The van der Waals surface area contributed by atoms with E-state index in [2.05, 4.69) is 10.3 Å². The summed E-state index contributed by atoms with van der Waals surface area (Å²) in [6.45, 7) is 0.597. The Morgan fingerprint density at radius 1 is 1.23 bits per heavy atom. The van der Waals surface area contributed by atoms with Crippen molar-refractivity contribution in [2.24, 2.45) is 0 Å². The number of aromatic nitrogens is 1. The van der Waals surface area contributed by atoms with Gasteiger partial charge in [-0.05, 0) is 36.2 Å². The van der Waals surface area contributed by atoms with Crippen LogP contribution in [0.1, 0.15) is 11.3 Å². The van der Waals surface area contributed by atoms with Crippen molar-refractivity contribution < 1.29 is 9.53 Å². The third kappa shape index (κ3) is 5.61. The maximum absolute atomic E-state index is 11.8. The minimum Gasteiger partial charge on any atom is -0.497 e. The highest BCUT2D eigenvalue weighted by Crippen LogP contribution is 2.11. The van der Waals surface area contributed by atoms with E-state index in [1.807, 2.05) is 24.3 Å². The molecular formula is C16H20ClN3O2. The first-order valence-electron chi connectivity index (χ1n) is 6.77. The van der Waals surface area contributed by atoms with E-state index in [0.717, 1.165) is 17.7 Å². The van der Waals surface area contributed by atoms with Gasteiger partial charge in [-0.2, -0.15) is 0 Å². The van der Waals surface area contributed by atoms with Gasteiger partial charge in [0.2, 0.25) is 5.91 Å². The Hall–Kier alpha value is -2.27. The lowest BCUT2D eigenvalue weighted by Gasteiger charge is -2.06. The largest absolute Gasteiger partial charge is 0.497 e. The maximum atomic E-state index is 11.8. The molecular weight excluding hydrogens is 302 g/mol. The second kappa shape index (κ2) is 8.89. The molecule has 0 saturated heterocycles. The van der Waals surface area contributed by atoms with Crippen LogP contribution in [0, 0.1) is 0 Å². The number of amides is 1. The Bertz CT molecular complexity index is 585. The van der Waals surface area contributed by atoms with Crippen molar-refractivity contribution >= 4 is 24.0 Å². The molecule has 0 aliphatic heterocycles. The molecule has 0 radical (unpaired) electrons. The number of hydrogen-bond acceptors (Lipinski definition) is 4. The van der Waals surface area contributed by atoms with E-state index in [1.54, 1.807) is 25.4 Å². The maximum Gasteiger partial charge on any atom is 0.226 e. The van der Waals surface area contributed by atoms with E-state index in [9.17, 15) is 4.79 Å². The monoisotopic (exact) mass is 321 g/mol. The molecule has 2 aromatic rings. The fourth-order valence-corrected chi connectivity index (χ4v) is 1.91. The molecule has 0 bridgehead atoms. The fraction of sp³-hybridized carbons (Fsp3) is 0.250. The summed E-state index contributed by atoms with van der Waals surface area (Å²) in [5.74, 6) is 0.790. The summed E-state index contributed by atoms with van der Waals surface area (Å²) in [5, 5.41) is 2.88. The molecule has 0 aliphatic carbocycles. The zero-order valence-electron chi connectivity index (χ0n) is 12.4. The van der Waals surface area contributed by atoms with E-state index < -0.39 is 0 Å². The molecule has 5 nitrogen and oxygen atoms in total. The molecule has 1 aromatic carbocycles. The molecule has 0 spiro atoms. The standard InChI is InChI=1S/C16H19N3O2.ClH/c1-21-15-6-2-12(3-7-15)8-9-18-16(20)10-14-5-4-13(17)11-19-14;/h2-7,11H,8-10,17H2,1H3,(H,18,20);1H. The lowest BCUT2D eigenvalue weighted by molar-refractivity contribution is -0.120. The van der Waals surface area contributed by atoms with Gasteiger partial charge in [0, 0.05) is 12.2 Å². The van der Waals surface area contributed by atoms with Crippen molar-refractivity contribution in [2.45, 2.75) is 12.8 Å². The quantitative estimate of drug-likeness (QED) is 0.853. The topological polar surface area (TPSA) is 77.2 Å². The molecule has 118 valence electrons. The van der Waals surface area contributed by atoms with Crippen LogP contribution in [0.3, 0.4) is 0 Å². The lowest BCUT2D eigenvalue weighted by atomic mass is 10.1. The summed E-state index contributed by atoms with van der Waals surface area (Å²) < 4.78 is 5.10. The predicted octanol–water partition coefficient (Wildman–Crippen LogP) is 2.00. The average molecular weight is 322 g/mol. The first-order valence-corrected chi connectivity index (χ1v) is 6.77. The van der Waals surface area contributed by atoms with Gasteiger partial charge >= 0.3 is 0 Å². The number of ether oxygens (including phenoxy) is 1. The highest BCUT2D eigenvalue weighted by atomic mass is 35.5. The SMILES string of the molecule is COc1ccc(CCNC(=O)Cc2ccc(N)cn2)cc1.Cl. The van der Waals surface area contributed by atoms with Gasteiger partial charge in [0.25, 0.3) is 0 Å². The number of nitrogens with one attached hydrogen (secondary N) is 1. The second-order valence-electron chi connectivity index (χ2n) is 4.71. The zero-order valence-corrected chi connectivity index (χ0v) is 13.2. The molecule has 1 heterocycles.